The molecule has 1 amide bonds. The molecule has 2 aromatic carbocycles. The fourth-order valence-corrected chi connectivity index (χ4v) is 3.21. The molecule has 0 spiro atoms. The van der Waals surface area contributed by atoms with E-state index in [-0.39, 0.29) is 6.61 Å². The molecular weight excluding hydrogens is 375 g/mol. The summed E-state index contributed by atoms with van der Waals surface area (Å²) in [5.74, 6) is -1.71. The molecule has 0 saturated heterocycles. The lowest BCUT2D eigenvalue weighted by atomic mass is 9.98. The monoisotopic (exact) mass is 389 g/mol. The van der Waals surface area contributed by atoms with E-state index in [2.05, 4.69) is 0 Å². The average molecular weight is 389 g/mol. The topological polar surface area (TPSA) is 75.6 Å². The number of benzene rings is 2. The van der Waals surface area contributed by atoms with Gasteiger partial charge in [-0.3, -0.25) is 5.32 Å². The number of hydrogen-bond acceptors (Lipinski definition) is 3. The molecular formula is C20H14F3NO4. The van der Waals surface area contributed by atoms with E-state index in [1.165, 1.54) is 5.32 Å². The quantitative estimate of drug-likeness (QED) is 0.785. The molecule has 0 bridgehead atoms. The third-order valence-electron chi connectivity index (χ3n) is 4.60. The fraction of sp³-hybridized carbons (Fsp3) is 0.200. The van der Waals surface area contributed by atoms with Crippen LogP contribution in [-0.2, 0) is 9.53 Å². The Morgan fingerprint density at radius 2 is 1.57 bits per heavy atom. The number of hydrogen-bond donors (Lipinski definition) is 2. The van der Waals surface area contributed by atoms with Gasteiger partial charge >= 0.3 is 18.2 Å². The van der Waals surface area contributed by atoms with Crippen LogP contribution in [0.2, 0.25) is 0 Å². The molecule has 1 aliphatic carbocycles. The van der Waals surface area contributed by atoms with Gasteiger partial charge in [-0.15, -0.1) is 6.42 Å². The van der Waals surface area contributed by atoms with Crippen molar-refractivity contribution in [2.24, 2.45) is 0 Å². The van der Waals surface area contributed by atoms with Crippen LogP contribution in [-0.4, -0.2) is 35.5 Å². The maximum absolute atomic E-state index is 13.1. The van der Waals surface area contributed by atoms with Crippen LogP contribution in [0.25, 0.3) is 11.1 Å². The van der Waals surface area contributed by atoms with E-state index in [1.807, 2.05) is 36.4 Å². The number of ether oxygens (including phenoxy) is 1. The molecule has 0 aliphatic heterocycles. The Bertz CT molecular complexity index is 934. The molecule has 0 fully saturated rings. The summed E-state index contributed by atoms with van der Waals surface area (Å²) in [5, 5.41) is 10.2. The first kappa shape index (κ1) is 19.3. The van der Waals surface area contributed by atoms with E-state index in [0.29, 0.717) is 0 Å². The zero-order valence-corrected chi connectivity index (χ0v) is 14.3. The molecule has 2 aromatic rings. The number of halogens is 3. The number of nitrogens with one attached hydrogen (secondary N) is 1. The number of carbonyl (C=O) groups is 2. The van der Waals surface area contributed by atoms with Gasteiger partial charge in [0, 0.05) is 5.92 Å². The van der Waals surface area contributed by atoms with Gasteiger partial charge in [-0.1, -0.05) is 54.5 Å². The smallest absolute Gasteiger partial charge is 0.434 e. The zero-order chi connectivity index (χ0) is 20.5. The maximum atomic E-state index is 13.1. The summed E-state index contributed by atoms with van der Waals surface area (Å²) in [6.07, 6.45) is -2.21. The minimum atomic E-state index is -5.40. The van der Waals surface area contributed by atoms with Crippen molar-refractivity contribution in [1.82, 2.24) is 5.32 Å². The molecule has 0 radical (unpaired) electrons. The summed E-state index contributed by atoms with van der Waals surface area (Å²) >= 11 is 0. The Kier molecular flexibility index (Phi) is 4.77. The van der Waals surface area contributed by atoms with Crippen molar-refractivity contribution >= 4 is 12.1 Å². The minimum absolute atomic E-state index is 0.280. The van der Waals surface area contributed by atoms with Gasteiger partial charge in [0.05, 0.1) is 0 Å². The van der Waals surface area contributed by atoms with Crippen molar-refractivity contribution in [3.8, 4) is 23.5 Å². The van der Waals surface area contributed by atoms with E-state index in [1.54, 1.807) is 12.1 Å². The molecule has 3 rings (SSSR count). The number of aliphatic carboxylic acids is 1. The van der Waals surface area contributed by atoms with Gasteiger partial charge in [0.15, 0.2) is 0 Å². The number of terminal acetylenes is 1. The Morgan fingerprint density at radius 1 is 1.07 bits per heavy atom. The summed E-state index contributed by atoms with van der Waals surface area (Å²) in [6.45, 7) is -0.280. The lowest BCUT2D eigenvalue weighted by Gasteiger charge is -2.27. The van der Waals surface area contributed by atoms with Crippen molar-refractivity contribution in [2.75, 3.05) is 6.61 Å². The van der Waals surface area contributed by atoms with Crippen LogP contribution < -0.4 is 5.32 Å². The highest BCUT2D eigenvalue weighted by atomic mass is 19.4. The average Bonchev–Trinajstić information content (AvgIpc) is 2.97. The summed E-state index contributed by atoms with van der Waals surface area (Å²) in [5.41, 5.74) is -0.283. The van der Waals surface area contributed by atoms with Gasteiger partial charge in [-0.05, 0) is 22.3 Å². The highest BCUT2D eigenvalue weighted by Gasteiger charge is 2.62. The molecule has 0 saturated carbocycles. The van der Waals surface area contributed by atoms with Crippen LogP contribution >= 0.6 is 0 Å². The predicted molar refractivity (Wildman–Crippen MR) is 93.5 cm³/mol. The van der Waals surface area contributed by atoms with Gasteiger partial charge < -0.3 is 9.84 Å². The van der Waals surface area contributed by atoms with E-state index in [9.17, 15) is 22.8 Å². The van der Waals surface area contributed by atoms with Crippen LogP contribution in [0, 0.1) is 12.3 Å². The summed E-state index contributed by atoms with van der Waals surface area (Å²) < 4.78 is 44.3. The number of alkyl halides is 3. The first-order valence-corrected chi connectivity index (χ1v) is 8.12. The largest absolute Gasteiger partial charge is 0.478 e. The number of fused-ring (bicyclic) bond motifs is 3. The summed E-state index contributed by atoms with van der Waals surface area (Å²) in [4.78, 5) is 23.0. The van der Waals surface area contributed by atoms with Gasteiger partial charge in [-0.25, -0.2) is 9.59 Å². The highest BCUT2D eigenvalue weighted by Crippen LogP contribution is 2.44. The second kappa shape index (κ2) is 6.93. The highest BCUT2D eigenvalue weighted by molar-refractivity contribution is 5.89. The Hall–Kier alpha value is -3.47. The van der Waals surface area contributed by atoms with Gasteiger partial charge in [-0.2, -0.15) is 13.2 Å². The standard InChI is InChI=1S/C20H14F3NO4/c1-2-19(17(25)26,20(21,22)23)24-18(27)28-11-16-14-9-5-3-7-12(14)13-8-4-6-10-15(13)16/h1,3-10,16H,11H2,(H,24,27)(H,25,26). The lowest BCUT2D eigenvalue weighted by Crippen LogP contribution is -2.63. The van der Waals surface area contributed by atoms with Crippen molar-refractivity contribution in [3.63, 3.8) is 0 Å². The molecule has 1 atom stereocenters. The van der Waals surface area contributed by atoms with Crippen LogP contribution in [0.1, 0.15) is 17.0 Å². The third kappa shape index (κ3) is 3.05. The second-order valence-corrected chi connectivity index (χ2v) is 6.15. The molecule has 0 aromatic heterocycles. The molecule has 2 N–H and O–H groups in total. The zero-order valence-electron chi connectivity index (χ0n) is 14.3. The number of carbonyl (C=O) groups excluding carboxylic acids is 1. The molecule has 8 heteroatoms. The Labute approximate surface area is 158 Å². The third-order valence-corrected chi connectivity index (χ3v) is 4.60. The SMILES string of the molecule is C#CC(NC(=O)OCC1c2ccccc2-c2ccccc21)(C(=O)O)C(F)(F)F. The molecule has 1 aliphatic rings. The van der Waals surface area contributed by atoms with Crippen LogP contribution in [0.5, 0.6) is 0 Å². The molecule has 1 unspecified atom stereocenters. The molecule has 144 valence electrons. The fourth-order valence-electron chi connectivity index (χ4n) is 3.21. The van der Waals surface area contributed by atoms with E-state index in [4.69, 9.17) is 16.3 Å². The van der Waals surface area contributed by atoms with Crippen molar-refractivity contribution in [1.29, 1.82) is 0 Å². The van der Waals surface area contributed by atoms with Gasteiger partial charge in [0.2, 0.25) is 0 Å². The molecule has 5 nitrogen and oxygen atoms in total. The number of alkyl carbamates (subject to hydrolysis) is 1. The lowest BCUT2D eigenvalue weighted by molar-refractivity contribution is -0.194. The minimum Gasteiger partial charge on any atom is -0.478 e. The summed E-state index contributed by atoms with van der Waals surface area (Å²) in [6, 6.07) is 14.8. The second-order valence-electron chi connectivity index (χ2n) is 6.15. The van der Waals surface area contributed by atoms with Crippen LogP contribution in [0.4, 0.5) is 18.0 Å². The number of carboxylic acids is 1. The van der Waals surface area contributed by atoms with E-state index >= 15 is 0 Å². The summed E-state index contributed by atoms with van der Waals surface area (Å²) in [7, 11) is 0. The molecule has 0 heterocycles. The van der Waals surface area contributed by atoms with Crippen LogP contribution in [0.3, 0.4) is 0 Å². The molecule has 28 heavy (non-hydrogen) atoms. The first-order chi connectivity index (χ1) is 13.2. The van der Waals surface area contributed by atoms with Crippen molar-refractivity contribution in [2.45, 2.75) is 17.6 Å². The van der Waals surface area contributed by atoms with E-state index < -0.39 is 29.7 Å². The number of amides is 1. The Balaban J connectivity index is 1.80. The van der Waals surface area contributed by atoms with Crippen molar-refractivity contribution in [3.05, 3.63) is 59.7 Å². The van der Waals surface area contributed by atoms with Crippen LogP contribution in [0.15, 0.2) is 48.5 Å². The predicted octanol–water partition coefficient (Wildman–Crippen LogP) is 3.54. The number of rotatable bonds is 4. The van der Waals surface area contributed by atoms with Crippen molar-refractivity contribution < 1.29 is 32.6 Å². The van der Waals surface area contributed by atoms with E-state index in [0.717, 1.165) is 28.2 Å². The Morgan fingerprint density at radius 3 is 2.00 bits per heavy atom. The van der Waals surface area contributed by atoms with Gasteiger partial charge in [0.1, 0.15) is 6.61 Å². The number of carboxylic acid groups (broad SMARTS) is 1. The first-order valence-electron chi connectivity index (χ1n) is 8.12. The van der Waals surface area contributed by atoms with Gasteiger partial charge in [0.25, 0.3) is 5.54 Å². The maximum Gasteiger partial charge on any atom is 0.434 e. The normalized spacial score (nSPS) is 14.9.